The molecule has 0 radical (unpaired) electrons. The van der Waals surface area contributed by atoms with Crippen LogP contribution in [-0.4, -0.2) is 35.9 Å². The van der Waals surface area contributed by atoms with Crippen LogP contribution in [0.15, 0.2) is 81.3 Å². The molecule has 1 N–H and O–H groups in total. The summed E-state index contributed by atoms with van der Waals surface area (Å²) in [5, 5.41) is 3.44. The minimum Gasteiger partial charge on any atom is -0.452 e. The molecular weight excluding hydrogens is 482 g/mol. The molecule has 0 spiro atoms. The van der Waals surface area contributed by atoms with Gasteiger partial charge in [0.1, 0.15) is 11.6 Å². The van der Waals surface area contributed by atoms with Gasteiger partial charge in [-0.05, 0) is 52.3 Å². The number of pyridine rings is 1. The van der Waals surface area contributed by atoms with E-state index < -0.39 is 18.5 Å². The van der Waals surface area contributed by atoms with E-state index in [0.29, 0.717) is 21.8 Å². The maximum absolute atomic E-state index is 12.7. The van der Waals surface area contributed by atoms with Gasteiger partial charge < -0.3 is 10.1 Å². The van der Waals surface area contributed by atoms with Gasteiger partial charge in [0.2, 0.25) is 5.91 Å². The zero-order chi connectivity index (χ0) is 21.8. The van der Waals surface area contributed by atoms with E-state index in [4.69, 9.17) is 4.74 Å². The lowest BCUT2D eigenvalue weighted by molar-refractivity contribution is -0.124. The number of nitrogens with zero attached hydrogens (tertiary/aromatic N) is 2. The molecule has 0 fully saturated rings. The third kappa shape index (κ3) is 4.95. The van der Waals surface area contributed by atoms with E-state index in [1.807, 2.05) is 18.2 Å². The first-order valence-electron chi connectivity index (χ1n) is 9.26. The van der Waals surface area contributed by atoms with E-state index in [9.17, 15) is 14.4 Å². The number of esters is 1. The summed E-state index contributed by atoms with van der Waals surface area (Å²) in [6.45, 7) is -0.606. The first-order valence-corrected chi connectivity index (χ1v) is 10.9. The molecule has 2 heterocycles. The number of carbonyl (C=O) groups is 3. The summed E-state index contributed by atoms with van der Waals surface area (Å²) >= 11 is 4.67. The zero-order valence-electron chi connectivity index (χ0n) is 16.1. The molecule has 1 aliphatic heterocycles. The van der Waals surface area contributed by atoms with Crippen LogP contribution >= 0.6 is 27.7 Å². The predicted molar refractivity (Wildman–Crippen MR) is 120 cm³/mol. The number of benzene rings is 2. The van der Waals surface area contributed by atoms with Crippen molar-refractivity contribution in [3.8, 4) is 0 Å². The van der Waals surface area contributed by atoms with E-state index in [0.717, 1.165) is 9.50 Å². The SMILES string of the molecule is O=C1CN(C(=O)COC(=O)c2ccccc2Sc2ccc(Br)cn2)c2ccccc2N1. The van der Waals surface area contributed by atoms with Crippen molar-refractivity contribution in [3.05, 3.63) is 76.9 Å². The normalized spacial score (nSPS) is 12.7. The largest absolute Gasteiger partial charge is 0.452 e. The first-order chi connectivity index (χ1) is 15.0. The highest BCUT2D eigenvalue weighted by Crippen LogP contribution is 2.31. The highest BCUT2D eigenvalue weighted by Gasteiger charge is 2.27. The third-order valence-corrected chi connectivity index (χ3v) is 5.92. The van der Waals surface area contributed by atoms with Crippen LogP contribution in [0.5, 0.6) is 0 Å². The van der Waals surface area contributed by atoms with Crippen molar-refractivity contribution in [3.63, 3.8) is 0 Å². The van der Waals surface area contributed by atoms with Gasteiger partial charge in [-0.25, -0.2) is 9.78 Å². The Bertz CT molecular complexity index is 1150. The Balaban J connectivity index is 1.45. The Kier molecular flexibility index (Phi) is 6.34. The molecule has 0 saturated carbocycles. The van der Waals surface area contributed by atoms with Crippen LogP contribution in [0.2, 0.25) is 0 Å². The van der Waals surface area contributed by atoms with Crippen molar-refractivity contribution in [2.45, 2.75) is 9.92 Å². The highest BCUT2D eigenvalue weighted by molar-refractivity contribution is 9.10. The first kappa shape index (κ1) is 21.1. The summed E-state index contributed by atoms with van der Waals surface area (Å²) in [6, 6.07) is 17.6. The Labute approximate surface area is 190 Å². The van der Waals surface area contributed by atoms with Crippen LogP contribution in [-0.2, 0) is 14.3 Å². The summed E-state index contributed by atoms with van der Waals surface area (Å²) in [6.07, 6.45) is 1.68. The summed E-state index contributed by atoms with van der Waals surface area (Å²) < 4.78 is 6.15. The number of anilines is 2. The van der Waals surface area contributed by atoms with Gasteiger partial charge in [0.05, 0.1) is 16.9 Å². The molecule has 2 aromatic carbocycles. The van der Waals surface area contributed by atoms with E-state index in [2.05, 4.69) is 26.2 Å². The number of ether oxygens (including phenoxy) is 1. The van der Waals surface area contributed by atoms with E-state index >= 15 is 0 Å². The smallest absolute Gasteiger partial charge is 0.339 e. The minimum atomic E-state index is -0.622. The maximum Gasteiger partial charge on any atom is 0.339 e. The van der Waals surface area contributed by atoms with E-state index in [1.165, 1.54) is 16.7 Å². The number of carbonyl (C=O) groups excluding carboxylic acids is 3. The molecule has 156 valence electrons. The van der Waals surface area contributed by atoms with Gasteiger partial charge >= 0.3 is 5.97 Å². The number of aromatic nitrogens is 1. The number of amides is 2. The Hall–Kier alpha value is -3.17. The second-order valence-electron chi connectivity index (χ2n) is 6.53. The molecule has 1 aromatic heterocycles. The fraction of sp³-hybridized carbons (Fsp3) is 0.0909. The molecule has 0 unspecified atom stereocenters. The van der Waals surface area contributed by atoms with Gasteiger partial charge in [-0.3, -0.25) is 14.5 Å². The van der Waals surface area contributed by atoms with Crippen molar-refractivity contribution in [1.29, 1.82) is 0 Å². The zero-order valence-corrected chi connectivity index (χ0v) is 18.5. The summed E-state index contributed by atoms with van der Waals surface area (Å²) in [4.78, 5) is 43.6. The van der Waals surface area contributed by atoms with Crippen LogP contribution in [0.25, 0.3) is 0 Å². The summed E-state index contributed by atoms with van der Waals surface area (Å²) in [5.41, 5.74) is 1.45. The third-order valence-electron chi connectivity index (χ3n) is 4.42. The standard InChI is InChI=1S/C22H16BrN3O4S/c23-14-9-10-20(24-11-14)31-18-8-4-1-5-15(18)22(29)30-13-21(28)26-12-19(27)25-16-6-2-3-7-17(16)26/h1-11H,12-13H2,(H,25,27). The number of fused-ring (bicyclic) bond motifs is 1. The number of hydrogen-bond donors (Lipinski definition) is 1. The molecule has 31 heavy (non-hydrogen) atoms. The fourth-order valence-electron chi connectivity index (χ4n) is 3.00. The van der Waals surface area contributed by atoms with Gasteiger partial charge in [-0.2, -0.15) is 0 Å². The van der Waals surface area contributed by atoms with Gasteiger partial charge in [-0.1, -0.05) is 36.0 Å². The Morgan fingerprint density at radius 1 is 1.10 bits per heavy atom. The highest BCUT2D eigenvalue weighted by atomic mass is 79.9. The molecule has 0 saturated heterocycles. The lowest BCUT2D eigenvalue weighted by Crippen LogP contribution is -2.44. The predicted octanol–water partition coefficient (Wildman–Crippen LogP) is 4.14. The molecule has 2 amide bonds. The number of rotatable bonds is 5. The quantitative estimate of drug-likeness (QED) is 0.533. The van der Waals surface area contributed by atoms with Crippen molar-refractivity contribution < 1.29 is 19.1 Å². The van der Waals surface area contributed by atoms with Crippen LogP contribution < -0.4 is 10.2 Å². The Morgan fingerprint density at radius 3 is 2.68 bits per heavy atom. The molecule has 9 heteroatoms. The van der Waals surface area contributed by atoms with Gasteiger partial charge in [0, 0.05) is 15.6 Å². The molecule has 0 bridgehead atoms. The lowest BCUT2D eigenvalue weighted by Gasteiger charge is -2.28. The van der Waals surface area contributed by atoms with Gasteiger partial charge in [0.15, 0.2) is 6.61 Å². The number of hydrogen-bond acceptors (Lipinski definition) is 6. The monoisotopic (exact) mass is 497 g/mol. The van der Waals surface area contributed by atoms with Crippen molar-refractivity contribution in [2.24, 2.45) is 0 Å². The van der Waals surface area contributed by atoms with E-state index in [-0.39, 0.29) is 12.5 Å². The van der Waals surface area contributed by atoms with Crippen LogP contribution in [0.3, 0.4) is 0 Å². The summed E-state index contributed by atoms with van der Waals surface area (Å²) in [7, 11) is 0. The van der Waals surface area contributed by atoms with Crippen LogP contribution in [0.4, 0.5) is 11.4 Å². The van der Waals surface area contributed by atoms with Crippen LogP contribution in [0, 0.1) is 0 Å². The molecule has 1 aliphatic rings. The fourth-order valence-corrected chi connectivity index (χ4v) is 4.11. The molecule has 0 atom stereocenters. The van der Waals surface area contributed by atoms with Crippen molar-refractivity contribution >= 4 is 56.9 Å². The molecule has 7 nitrogen and oxygen atoms in total. The summed E-state index contributed by atoms with van der Waals surface area (Å²) in [5.74, 6) is -1.40. The van der Waals surface area contributed by atoms with Gasteiger partial charge in [0.25, 0.3) is 5.91 Å². The average molecular weight is 498 g/mol. The van der Waals surface area contributed by atoms with Crippen molar-refractivity contribution in [1.82, 2.24) is 4.98 Å². The van der Waals surface area contributed by atoms with Crippen molar-refractivity contribution in [2.75, 3.05) is 23.4 Å². The number of para-hydroxylation sites is 2. The molecule has 3 aromatic rings. The maximum atomic E-state index is 12.7. The van der Waals surface area contributed by atoms with Gasteiger partial charge in [-0.15, -0.1) is 0 Å². The average Bonchev–Trinajstić information content (AvgIpc) is 2.78. The van der Waals surface area contributed by atoms with E-state index in [1.54, 1.807) is 48.7 Å². The minimum absolute atomic E-state index is 0.130. The Morgan fingerprint density at radius 2 is 1.87 bits per heavy atom. The van der Waals surface area contributed by atoms with Crippen LogP contribution in [0.1, 0.15) is 10.4 Å². The molecule has 4 rings (SSSR count). The second kappa shape index (κ2) is 9.32. The molecular formula is C22H16BrN3O4S. The lowest BCUT2D eigenvalue weighted by atomic mass is 10.2. The topological polar surface area (TPSA) is 88.6 Å². The second-order valence-corrected chi connectivity index (χ2v) is 8.51. The number of halogens is 1. The number of nitrogens with one attached hydrogen (secondary N) is 1. The molecule has 0 aliphatic carbocycles.